The molecule has 4 rings (SSSR count). The fourth-order valence-electron chi connectivity index (χ4n) is 2.81. The first-order chi connectivity index (χ1) is 14.1. The Kier molecular flexibility index (Phi) is 9.62. The van der Waals surface area contributed by atoms with Crippen molar-refractivity contribution in [1.29, 1.82) is 0 Å². The molecule has 0 bridgehead atoms. The van der Waals surface area contributed by atoms with Gasteiger partial charge in [0.1, 0.15) is 5.82 Å². The van der Waals surface area contributed by atoms with Crippen LogP contribution in [0.2, 0.25) is 0 Å². The average Bonchev–Trinajstić information content (AvgIpc) is 3.46. The number of halogens is 1. The number of benzene rings is 2. The zero-order chi connectivity index (χ0) is 20.5. The Balaban J connectivity index is 0.000000468. The van der Waals surface area contributed by atoms with Gasteiger partial charge in [-0.2, -0.15) is 18.2 Å². The monoisotopic (exact) mass is 459 g/mol. The molecule has 0 heterocycles. The Labute approximate surface area is 191 Å². The van der Waals surface area contributed by atoms with E-state index in [0.29, 0.717) is 17.7 Å². The SMILES string of the molecule is Nc1ccccc1SC(CC([O-])=C1C=CC=C1)c1ccc(F)cc1.[Fe+2].c1cc[cH-]c1. The second kappa shape index (κ2) is 12.2. The predicted octanol–water partition coefficient (Wildman–Crippen LogP) is 5.77. The molecule has 0 saturated carbocycles. The topological polar surface area (TPSA) is 49.1 Å². The Morgan fingerprint density at radius 1 is 0.967 bits per heavy atom. The molecule has 30 heavy (non-hydrogen) atoms. The van der Waals surface area contributed by atoms with Crippen molar-refractivity contribution in [1.82, 2.24) is 0 Å². The third-order valence-corrected chi connectivity index (χ3v) is 5.69. The molecule has 0 spiro atoms. The summed E-state index contributed by atoms with van der Waals surface area (Å²) in [5.41, 5.74) is 8.31. The summed E-state index contributed by atoms with van der Waals surface area (Å²) in [5.74, 6) is -0.222. The first-order valence-electron chi connectivity index (χ1n) is 9.31. The summed E-state index contributed by atoms with van der Waals surface area (Å²) in [7, 11) is 0. The van der Waals surface area contributed by atoms with Gasteiger partial charge >= 0.3 is 17.1 Å². The van der Waals surface area contributed by atoms with E-state index in [9.17, 15) is 9.50 Å². The number of thioether (sulfide) groups is 1. The summed E-state index contributed by atoms with van der Waals surface area (Å²) in [4.78, 5) is 0.919. The third-order valence-electron chi connectivity index (χ3n) is 4.34. The minimum absolute atomic E-state index is 0. The number of nitrogen functional groups attached to an aromatic ring is 1. The summed E-state index contributed by atoms with van der Waals surface area (Å²) >= 11 is 1.53. The molecule has 2 N–H and O–H groups in total. The van der Waals surface area contributed by atoms with Gasteiger partial charge in [-0.3, -0.25) is 0 Å². The fourth-order valence-corrected chi connectivity index (χ4v) is 4.01. The van der Waals surface area contributed by atoms with E-state index in [1.807, 2.05) is 78.9 Å². The molecule has 1 unspecified atom stereocenters. The van der Waals surface area contributed by atoms with Crippen LogP contribution in [0.1, 0.15) is 17.2 Å². The first-order valence-corrected chi connectivity index (χ1v) is 10.2. The van der Waals surface area contributed by atoms with Crippen LogP contribution >= 0.6 is 11.8 Å². The van der Waals surface area contributed by atoms with Crippen molar-refractivity contribution in [2.24, 2.45) is 0 Å². The van der Waals surface area contributed by atoms with Crippen molar-refractivity contribution in [2.75, 3.05) is 5.73 Å². The van der Waals surface area contributed by atoms with E-state index in [0.717, 1.165) is 10.5 Å². The van der Waals surface area contributed by atoms with Crippen molar-refractivity contribution < 1.29 is 26.6 Å². The van der Waals surface area contributed by atoms with Crippen molar-refractivity contribution >= 4 is 17.4 Å². The van der Waals surface area contributed by atoms with Crippen molar-refractivity contribution in [3.05, 3.63) is 126 Å². The number of hydrogen-bond donors (Lipinski definition) is 1. The number of allylic oxidation sites excluding steroid dienone is 6. The van der Waals surface area contributed by atoms with Gasteiger partial charge in [0.05, 0.1) is 0 Å². The van der Waals surface area contributed by atoms with Crippen LogP contribution in [0.4, 0.5) is 10.1 Å². The molecule has 0 radical (unpaired) electrons. The second-order valence-corrected chi connectivity index (χ2v) is 7.70. The number of nitrogens with two attached hydrogens (primary N) is 1. The number of para-hydroxylation sites is 1. The van der Waals surface area contributed by atoms with Crippen molar-refractivity contribution in [2.45, 2.75) is 16.6 Å². The van der Waals surface area contributed by atoms with Gasteiger partial charge in [0.2, 0.25) is 0 Å². The molecule has 5 heteroatoms. The van der Waals surface area contributed by atoms with Gasteiger partial charge in [-0.15, -0.1) is 17.5 Å². The Morgan fingerprint density at radius 2 is 1.60 bits per heavy atom. The van der Waals surface area contributed by atoms with Crippen LogP contribution in [0.25, 0.3) is 0 Å². The molecule has 0 fully saturated rings. The van der Waals surface area contributed by atoms with Crippen LogP contribution in [0.3, 0.4) is 0 Å². The van der Waals surface area contributed by atoms with Crippen LogP contribution in [-0.4, -0.2) is 0 Å². The maximum absolute atomic E-state index is 13.2. The molecular formula is C25H22FFeNOS. The molecule has 0 saturated heterocycles. The Hall–Kier alpha value is -2.59. The van der Waals surface area contributed by atoms with Crippen LogP contribution < -0.4 is 10.8 Å². The number of hydrogen-bond acceptors (Lipinski definition) is 3. The minimum Gasteiger partial charge on any atom is -0.875 e. The zero-order valence-electron chi connectivity index (χ0n) is 16.2. The van der Waals surface area contributed by atoms with Crippen molar-refractivity contribution in [3.8, 4) is 0 Å². The van der Waals surface area contributed by atoms with Gasteiger partial charge in [-0.05, 0) is 41.8 Å². The minimum atomic E-state index is -0.288. The van der Waals surface area contributed by atoms with E-state index in [1.54, 1.807) is 12.1 Å². The Bertz CT molecular complexity index is 963. The van der Waals surface area contributed by atoms with Crippen molar-refractivity contribution in [3.63, 3.8) is 0 Å². The normalized spacial score (nSPS) is 12.6. The van der Waals surface area contributed by atoms with Crippen LogP contribution in [-0.2, 0) is 17.1 Å². The molecule has 154 valence electrons. The fraction of sp³-hybridized carbons (Fsp3) is 0.0800. The molecule has 0 aliphatic heterocycles. The van der Waals surface area contributed by atoms with Gasteiger partial charge in [-0.1, -0.05) is 48.6 Å². The van der Waals surface area contributed by atoms with Gasteiger partial charge in [0.15, 0.2) is 0 Å². The molecule has 0 amide bonds. The van der Waals surface area contributed by atoms with E-state index in [4.69, 9.17) is 5.73 Å². The maximum Gasteiger partial charge on any atom is 2.00 e. The molecule has 0 aromatic heterocycles. The standard InChI is InChI=1S/C20H18FNOS.C5H5.Fe/c21-16-11-9-15(10-12-16)20(13-18(23)14-5-1-2-6-14)24-19-8-4-3-7-17(19)22;1-2-4-5-3-1;/h1-12,20,23H,13,22H2;1-5H;/q;-1;+2/p-1. The quantitative estimate of drug-likeness (QED) is 0.173. The number of rotatable bonds is 5. The van der Waals surface area contributed by atoms with Crippen LogP contribution in [0.15, 0.2) is 119 Å². The van der Waals surface area contributed by atoms with E-state index >= 15 is 0 Å². The summed E-state index contributed by atoms with van der Waals surface area (Å²) in [6.45, 7) is 0. The number of anilines is 1. The zero-order valence-corrected chi connectivity index (χ0v) is 18.1. The van der Waals surface area contributed by atoms with Gasteiger partial charge in [0.25, 0.3) is 0 Å². The van der Waals surface area contributed by atoms with E-state index in [2.05, 4.69) is 0 Å². The van der Waals surface area contributed by atoms with Crippen LogP contribution in [0, 0.1) is 5.82 Å². The Morgan fingerprint density at radius 3 is 2.17 bits per heavy atom. The molecule has 1 aliphatic carbocycles. The molecular weight excluding hydrogens is 437 g/mol. The average molecular weight is 459 g/mol. The summed E-state index contributed by atoms with van der Waals surface area (Å²) in [6, 6.07) is 23.9. The summed E-state index contributed by atoms with van der Waals surface area (Å²) in [6.07, 6.45) is 7.65. The molecule has 2 nitrogen and oxygen atoms in total. The predicted molar refractivity (Wildman–Crippen MR) is 118 cm³/mol. The van der Waals surface area contributed by atoms with Crippen LogP contribution in [0.5, 0.6) is 0 Å². The van der Waals surface area contributed by atoms with Gasteiger partial charge < -0.3 is 10.8 Å². The molecule has 3 aromatic carbocycles. The molecule has 1 atom stereocenters. The molecule has 3 aromatic rings. The smallest absolute Gasteiger partial charge is 0.875 e. The third kappa shape index (κ3) is 7.03. The van der Waals surface area contributed by atoms with E-state index in [-0.39, 0.29) is 33.9 Å². The van der Waals surface area contributed by atoms with E-state index < -0.39 is 0 Å². The summed E-state index contributed by atoms with van der Waals surface area (Å²) < 4.78 is 13.2. The first kappa shape index (κ1) is 23.7. The largest absolute Gasteiger partial charge is 2.00 e. The maximum atomic E-state index is 13.2. The van der Waals surface area contributed by atoms with E-state index in [1.165, 1.54) is 23.9 Å². The molecule has 1 aliphatic rings. The summed E-state index contributed by atoms with van der Waals surface area (Å²) in [5, 5.41) is 12.4. The second-order valence-electron chi connectivity index (χ2n) is 6.46. The van der Waals surface area contributed by atoms with Gasteiger partial charge in [0, 0.05) is 15.8 Å². The van der Waals surface area contributed by atoms with Gasteiger partial charge in [-0.25, -0.2) is 16.5 Å².